The fraction of sp³-hybridized carbons (Fsp3) is 0.640. The van der Waals surface area contributed by atoms with Crippen LogP contribution < -0.4 is 15.2 Å². The van der Waals surface area contributed by atoms with Crippen molar-refractivity contribution in [3.8, 4) is 11.5 Å². The molecule has 330 valence electrons. The Kier molecular flexibility index (Phi) is 16.1. The van der Waals surface area contributed by atoms with Gasteiger partial charge in [-0.2, -0.15) is 0 Å². The van der Waals surface area contributed by atoms with Crippen LogP contribution in [0.15, 0.2) is 24.3 Å². The molecule has 0 spiro atoms. The van der Waals surface area contributed by atoms with Crippen molar-refractivity contribution in [2.45, 2.75) is 184 Å². The molecular formula is C50H74N4O6. The van der Waals surface area contributed by atoms with E-state index in [0.29, 0.717) is 36.1 Å². The van der Waals surface area contributed by atoms with Crippen molar-refractivity contribution < 1.29 is 28.5 Å². The van der Waals surface area contributed by atoms with Crippen LogP contribution in [-0.2, 0) is 38.6 Å². The molecule has 5 rings (SSSR count). The number of rotatable bonds is 22. The minimum atomic E-state index is -0.949. The zero-order valence-electron chi connectivity index (χ0n) is 38.7. The molecule has 0 saturated carbocycles. The maximum absolute atomic E-state index is 13.3. The van der Waals surface area contributed by atoms with Crippen LogP contribution in [0.2, 0.25) is 0 Å². The molecule has 0 fully saturated rings. The van der Waals surface area contributed by atoms with Gasteiger partial charge in [0.25, 0.3) is 0 Å². The SMILES string of the molecule is CCOCc1nc2c(N)nc3ccccc3c2n1CC(C)(C)OC(=O)CCC(=O)Oc1c(C)c(C)c2c(c1C)CC[C@@](C)(CCC[C@H](C)CCC[C@H](C)CCCC(C)C)O2. The number of hydrogen-bond acceptors (Lipinski definition) is 9. The molecule has 0 unspecified atom stereocenters. The molecule has 10 nitrogen and oxygen atoms in total. The third-order valence-corrected chi connectivity index (χ3v) is 12.6. The fourth-order valence-corrected chi connectivity index (χ4v) is 8.93. The lowest BCUT2D eigenvalue weighted by molar-refractivity contribution is -0.159. The van der Waals surface area contributed by atoms with Crippen LogP contribution in [0.3, 0.4) is 0 Å². The molecule has 3 atom stereocenters. The normalized spacial score (nSPS) is 16.5. The highest BCUT2D eigenvalue weighted by atomic mass is 16.6. The number of nitrogens with zero attached hydrogens (tertiary/aromatic N) is 3. The van der Waals surface area contributed by atoms with Gasteiger partial charge in [-0.25, -0.2) is 9.97 Å². The van der Waals surface area contributed by atoms with Crippen molar-refractivity contribution in [3.63, 3.8) is 0 Å². The highest BCUT2D eigenvalue weighted by Gasteiger charge is 2.35. The van der Waals surface area contributed by atoms with Crippen molar-refractivity contribution in [1.82, 2.24) is 14.5 Å². The lowest BCUT2D eigenvalue weighted by Gasteiger charge is -2.38. The summed E-state index contributed by atoms with van der Waals surface area (Å²) in [5.74, 6) is 3.89. The number of carbonyl (C=O) groups excluding carboxylic acids is 2. The van der Waals surface area contributed by atoms with Gasteiger partial charge in [-0.15, -0.1) is 0 Å². The summed E-state index contributed by atoms with van der Waals surface area (Å²) in [5, 5.41) is 0.893. The average molecular weight is 827 g/mol. The number of esters is 2. The zero-order valence-corrected chi connectivity index (χ0v) is 38.7. The number of fused-ring (bicyclic) bond motifs is 4. The molecule has 1 aliphatic heterocycles. The highest BCUT2D eigenvalue weighted by Crippen LogP contribution is 2.45. The first kappa shape index (κ1) is 46.9. The Labute approximate surface area is 359 Å². The molecule has 0 amide bonds. The molecule has 2 aromatic heterocycles. The first-order valence-electron chi connectivity index (χ1n) is 22.8. The van der Waals surface area contributed by atoms with Gasteiger partial charge >= 0.3 is 11.9 Å². The van der Waals surface area contributed by atoms with Gasteiger partial charge in [0.05, 0.1) is 30.4 Å². The molecule has 2 aromatic carbocycles. The van der Waals surface area contributed by atoms with Gasteiger partial charge in [-0.05, 0) is 115 Å². The molecule has 60 heavy (non-hydrogen) atoms. The molecule has 2 N–H and O–H groups in total. The van der Waals surface area contributed by atoms with E-state index < -0.39 is 17.5 Å². The summed E-state index contributed by atoms with van der Waals surface area (Å²) in [5.41, 5.74) is 11.3. The largest absolute Gasteiger partial charge is 0.487 e. The number of nitrogens with two attached hydrogens (primary N) is 1. The summed E-state index contributed by atoms with van der Waals surface area (Å²) < 4.78 is 26.6. The van der Waals surface area contributed by atoms with E-state index in [4.69, 9.17) is 29.7 Å². The molecule has 4 aromatic rings. The smallest absolute Gasteiger partial charge is 0.311 e. The predicted octanol–water partition coefficient (Wildman–Crippen LogP) is 11.9. The molecule has 3 heterocycles. The molecule has 0 aliphatic carbocycles. The van der Waals surface area contributed by atoms with E-state index >= 15 is 0 Å². The van der Waals surface area contributed by atoms with Crippen LogP contribution in [0, 0.1) is 38.5 Å². The van der Waals surface area contributed by atoms with Crippen LogP contribution in [0.25, 0.3) is 21.9 Å². The summed E-state index contributed by atoms with van der Waals surface area (Å²) in [6, 6.07) is 7.76. The first-order chi connectivity index (χ1) is 28.4. The van der Waals surface area contributed by atoms with Crippen molar-refractivity contribution in [2.24, 2.45) is 17.8 Å². The number of aromatic nitrogens is 3. The van der Waals surface area contributed by atoms with Gasteiger partial charge in [0.15, 0.2) is 5.82 Å². The number of pyridine rings is 1. The Bertz CT molecular complexity index is 2100. The lowest BCUT2D eigenvalue weighted by atomic mass is 9.83. The number of carbonyl (C=O) groups is 2. The monoisotopic (exact) mass is 827 g/mol. The minimum Gasteiger partial charge on any atom is -0.487 e. The van der Waals surface area contributed by atoms with Crippen molar-refractivity contribution in [2.75, 3.05) is 12.3 Å². The fourth-order valence-electron chi connectivity index (χ4n) is 8.93. The molecule has 1 aliphatic rings. The second kappa shape index (κ2) is 20.6. The summed E-state index contributed by atoms with van der Waals surface area (Å²) in [4.78, 5) is 35.9. The molecule has 10 heteroatoms. The molecular weight excluding hydrogens is 753 g/mol. The van der Waals surface area contributed by atoms with E-state index in [1.807, 2.05) is 63.5 Å². The Balaban J connectivity index is 1.14. The van der Waals surface area contributed by atoms with E-state index in [2.05, 4.69) is 46.5 Å². The topological polar surface area (TPSA) is 128 Å². The number of anilines is 1. The maximum atomic E-state index is 13.3. The summed E-state index contributed by atoms with van der Waals surface area (Å²) >= 11 is 0. The first-order valence-corrected chi connectivity index (χ1v) is 22.8. The molecule has 0 bridgehead atoms. The summed E-state index contributed by atoms with van der Waals surface area (Å²) in [6.45, 7) is 24.5. The third kappa shape index (κ3) is 12.0. The molecule has 0 radical (unpaired) electrons. The standard InChI is InChI=1S/C50H74N4O6/c1-12-57-30-41-53-44-45(39-23-13-14-24-40(39)52-48(44)51)54(41)31-49(9,10)59-43(56)26-25-42(55)58-46-35(6)36(7)47-38(37(46)8)27-29-50(11,60-47)28-17-22-34(5)21-16-20-33(4)19-15-18-32(2)3/h13-14,23-24,32-34H,12,15-22,25-31H2,1-11H3,(H2,51,52)/t33-,34-,50-/m1/s1. The van der Waals surface area contributed by atoms with E-state index in [1.165, 1.54) is 44.9 Å². The number of hydrogen-bond donors (Lipinski definition) is 1. The van der Waals surface area contributed by atoms with Gasteiger partial charge in [-0.1, -0.05) is 90.8 Å². The predicted molar refractivity (Wildman–Crippen MR) is 243 cm³/mol. The van der Waals surface area contributed by atoms with Gasteiger partial charge < -0.3 is 29.2 Å². The van der Waals surface area contributed by atoms with Crippen LogP contribution in [-0.4, -0.2) is 44.3 Å². The number of nitrogen functional groups attached to an aromatic ring is 1. The number of imidazole rings is 1. The quantitative estimate of drug-likeness (QED) is 0.0608. The Morgan fingerprint density at radius 1 is 0.900 bits per heavy atom. The van der Waals surface area contributed by atoms with Crippen LogP contribution >= 0.6 is 0 Å². The Morgan fingerprint density at radius 3 is 2.23 bits per heavy atom. The van der Waals surface area contributed by atoms with Crippen LogP contribution in [0.1, 0.15) is 161 Å². The lowest BCUT2D eigenvalue weighted by Crippen LogP contribution is -2.37. The van der Waals surface area contributed by atoms with Gasteiger partial charge in [-0.3, -0.25) is 9.59 Å². The van der Waals surface area contributed by atoms with Crippen LogP contribution in [0.4, 0.5) is 5.82 Å². The zero-order chi connectivity index (χ0) is 43.8. The average Bonchev–Trinajstić information content (AvgIpc) is 3.54. The van der Waals surface area contributed by atoms with E-state index in [0.717, 1.165) is 87.9 Å². The van der Waals surface area contributed by atoms with Crippen molar-refractivity contribution >= 4 is 39.7 Å². The van der Waals surface area contributed by atoms with E-state index in [-0.39, 0.29) is 25.0 Å². The third-order valence-electron chi connectivity index (χ3n) is 12.6. The van der Waals surface area contributed by atoms with Gasteiger partial charge in [0.1, 0.15) is 40.6 Å². The number of benzene rings is 2. The second-order valence-electron chi connectivity index (χ2n) is 19.1. The Hall–Kier alpha value is -4.18. The van der Waals surface area contributed by atoms with Gasteiger partial charge in [0.2, 0.25) is 0 Å². The molecule has 0 saturated heterocycles. The second-order valence-corrected chi connectivity index (χ2v) is 19.1. The summed E-state index contributed by atoms with van der Waals surface area (Å²) in [6.07, 6.45) is 13.0. The van der Waals surface area contributed by atoms with Crippen molar-refractivity contribution in [3.05, 3.63) is 52.3 Å². The minimum absolute atomic E-state index is 0.106. The van der Waals surface area contributed by atoms with E-state index in [1.54, 1.807) is 0 Å². The Morgan fingerprint density at radius 2 is 1.55 bits per heavy atom. The van der Waals surface area contributed by atoms with Crippen LogP contribution in [0.5, 0.6) is 11.5 Å². The highest BCUT2D eigenvalue weighted by molar-refractivity contribution is 6.06. The number of para-hydroxylation sites is 1. The van der Waals surface area contributed by atoms with Gasteiger partial charge in [0, 0.05) is 17.6 Å². The number of ether oxygens (including phenoxy) is 4. The summed E-state index contributed by atoms with van der Waals surface area (Å²) in [7, 11) is 0. The van der Waals surface area contributed by atoms with Crippen molar-refractivity contribution in [1.29, 1.82) is 0 Å². The van der Waals surface area contributed by atoms with E-state index in [9.17, 15) is 9.59 Å². The maximum Gasteiger partial charge on any atom is 0.311 e.